The third-order valence-electron chi connectivity index (χ3n) is 3.52. The van der Waals surface area contributed by atoms with Gasteiger partial charge in [-0.05, 0) is 35.7 Å². The number of halogens is 2. The zero-order valence-corrected chi connectivity index (χ0v) is 13.0. The highest BCUT2D eigenvalue weighted by Gasteiger charge is 2.14. The van der Waals surface area contributed by atoms with Crippen LogP contribution in [-0.2, 0) is 17.8 Å². The van der Waals surface area contributed by atoms with Crippen LogP contribution in [0.1, 0.15) is 11.1 Å². The quantitative estimate of drug-likeness (QED) is 0.818. The molecule has 24 heavy (non-hydrogen) atoms. The van der Waals surface area contributed by atoms with Gasteiger partial charge in [0.1, 0.15) is 18.2 Å². The number of nitrogens with one attached hydrogen (secondary N) is 1. The molecule has 0 saturated carbocycles. The van der Waals surface area contributed by atoms with Gasteiger partial charge in [-0.3, -0.25) is 0 Å². The van der Waals surface area contributed by atoms with Gasteiger partial charge in [0.05, 0.1) is 0 Å². The predicted molar refractivity (Wildman–Crippen MR) is 85.3 cm³/mol. The molecule has 2 rings (SSSR count). The van der Waals surface area contributed by atoms with Gasteiger partial charge < -0.3 is 15.2 Å². The molecule has 0 radical (unpaired) electrons. The molecular weight excluding hydrogens is 316 g/mol. The maximum absolute atomic E-state index is 13.6. The fourth-order valence-corrected chi connectivity index (χ4v) is 2.21. The fraction of sp³-hybridized carbons (Fsp3) is 0.278. The first kappa shape index (κ1) is 17.9. The molecule has 1 unspecified atom stereocenters. The van der Waals surface area contributed by atoms with Gasteiger partial charge in [0.15, 0.2) is 0 Å². The topological polar surface area (TPSA) is 58.6 Å². The molecular formula is C18H19F2NO3. The highest BCUT2D eigenvalue weighted by Crippen LogP contribution is 2.14. The minimum atomic E-state index is -0.628. The lowest BCUT2D eigenvalue weighted by Crippen LogP contribution is -2.32. The van der Waals surface area contributed by atoms with Crippen molar-refractivity contribution in [1.82, 2.24) is 5.32 Å². The molecule has 2 N–H and O–H groups in total. The lowest BCUT2D eigenvalue weighted by atomic mass is 9.99. The normalized spacial score (nSPS) is 11.8. The summed E-state index contributed by atoms with van der Waals surface area (Å²) in [4.78, 5) is 11.7. The van der Waals surface area contributed by atoms with E-state index < -0.39 is 23.6 Å². The Bertz CT molecular complexity index is 665. The fourth-order valence-electron chi connectivity index (χ4n) is 2.21. The molecule has 0 bridgehead atoms. The molecule has 0 aliphatic heterocycles. The van der Waals surface area contributed by atoms with E-state index in [9.17, 15) is 18.7 Å². The maximum Gasteiger partial charge on any atom is 0.407 e. The van der Waals surface area contributed by atoms with E-state index in [-0.39, 0.29) is 31.7 Å². The van der Waals surface area contributed by atoms with E-state index in [1.807, 2.05) is 30.3 Å². The van der Waals surface area contributed by atoms with Crippen LogP contribution in [0.5, 0.6) is 0 Å². The molecule has 2 aromatic rings. The Balaban J connectivity index is 1.80. The number of aliphatic hydroxyl groups is 1. The first-order valence-electron chi connectivity index (χ1n) is 7.58. The van der Waals surface area contributed by atoms with Gasteiger partial charge in [0.25, 0.3) is 0 Å². The maximum atomic E-state index is 13.6. The number of carbonyl (C=O) groups is 1. The highest BCUT2D eigenvalue weighted by atomic mass is 19.1. The molecule has 0 aliphatic carbocycles. The Kier molecular flexibility index (Phi) is 6.69. The molecule has 0 aliphatic rings. The molecule has 0 aromatic heterocycles. The minimum absolute atomic E-state index is 0.0973. The second-order valence-corrected chi connectivity index (χ2v) is 5.43. The van der Waals surface area contributed by atoms with E-state index >= 15 is 0 Å². The first-order chi connectivity index (χ1) is 11.6. The van der Waals surface area contributed by atoms with E-state index in [0.29, 0.717) is 0 Å². The van der Waals surface area contributed by atoms with Crippen molar-refractivity contribution in [3.63, 3.8) is 0 Å². The Labute approximate surface area is 139 Å². The van der Waals surface area contributed by atoms with Gasteiger partial charge in [-0.1, -0.05) is 30.3 Å². The number of aliphatic hydroxyl groups excluding tert-OH is 1. The Morgan fingerprint density at radius 2 is 1.92 bits per heavy atom. The van der Waals surface area contributed by atoms with Crippen molar-refractivity contribution in [3.05, 3.63) is 71.3 Å². The number of hydrogen-bond donors (Lipinski definition) is 2. The van der Waals surface area contributed by atoms with Gasteiger partial charge in [0.2, 0.25) is 0 Å². The second-order valence-electron chi connectivity index (χ2n) is 5.43. The van der Waals surface area contributed by atoms with Crippen LogP contribution >= 0.6 is 0 Å². The molecule has 0 heterocycles. The van der Waals surface area contributed by atoms with Crippen LogP contribution in [0.2, 0.25) is 0 Å². The summed E-state index contributed by atoms with van der Waals surface area (Å²) in [6.45, 7) is -0.0377. The van der Waals surface area contributed by atoms with Crippen LogP contribution in [0, 0.1) is 17.6 Å². The summed E-state index contributed by atoms with van der Waals surface area (Å²) in [6.07, 6.45) is -0.518. The Morgan fingerprint density at radius 1 is 1.17 bits per heavy atom. The van der Waals surface area contributed by atoms with Crippen molar-refractivity contribution in [2.45, 2.75) is 13.0 Å². The van der Waals surface area contributed by atoms with Gasteiger partial charge >= 0.3 is 6.09 Å². The summed E-state index contributed by atoms with van der Waals surface area (Å²) in [5, 5.41) is 11.9. The first-order valence-corrected chi connectivity index (χ1v) is 7.58. The summed E-state index contributed by atoms with van der Waals surface area (Å²) in [5.74, 6) is -1.52. The number of carbonyl (C=O) groups excluding carboxylic acids is 1. The van der Waals surface area contributed by atoms with Gasteiger partial charge in [0, 0.05) is 19.1 Å². The van der Waals surface area contributed by atoms with Crippen molar-refractivity contribution in [1.29, 1.82) is 0 Å². The summed E-state index contributed by atoms with van der Waals surface area (Å²) in [6, 6.07) is 12.4. The van der Waals surface area contributed by atoms with Gasteiger partial charge in [-0.25, -0.2) is 13.6 Å². The van der Waals surface area contributed by atoms with Crippen molar-refractivity contribution in [2.24, 2.45) is 5.92 Å². The smallest absolute Gasteiger partial charge is 0.407 e. The minimum Gasteiger partial charge on any atom is -0.445 e. The molecule has 128 valence electrons. The van der Waals surface area contributed by atoms with Gasteiger partial charge in [-0.2, -0.15) is 0 Å². The number of hydrogen-bond acceptors (Lipinski definition) is 3. The van der Waals surface area contributed by atoms with Crippen LogP contribution < -0.4 is 5.32 Å². The summed E-state index contributed by atoms with van der Waals surface area (Å²) in [7, 11) is 0. The molecule has 2 aromatic carbocycles. The number of ether oxygens (including phenoxy) is 1. The lowest BCUT2D eigenvalue weighted by molar-refractivity contribution is 0.135. The van der Waals surface area contributed by atoms with E-state index in [1.54, 1.807) is 0 Å². The highest BCUT2D eigenvalue weighted by molar-refractivity contribution is 5.67. The predicted octanol–water partition coefficient (Wildman–Crippen LogP) is 3.04. The molecule has 4 nitrogen and oxygen atoms in total. The monoisotopic (exact) mass is 335 g/mol. The average Bonchev–Trinajstić information content (AvgIpc) is 2.60. The van der Waals surface area contributed by atoms with E-state index in [0.717, 1.165) is 23.8 Å². The zero-order valence-electron chi connectivity index (χ0n) is 13.0. The largest absolute Gasteiger partial charge is 0.445 e. The van der Waals surface area contributed by atoms with E-state index in [4.69, 9.17) is 4.74 Å². The van der Waals surface area contributed by atoms with Crippen LogP contribution in [-0.4, -0.2) is 24.4 Å². The molecule has 1 amide bonds. The number of amides is 1. The van der Waals surface area contributed by atoms with Crippen LogP contribution in [0.3, 0.4) is 0 Å². The molecule has 0 spiro atoms. The van der Waals surface area contributed by atoms with Crippen LogP contribution in [0.15, 0.2) is 48.5 Å². The lowest BCUT2D eigenvalue weighted by Gasteiger charge is -2.15. The molecule has 1 atom stereocenters. The molecule has 6 heteroatoms. The van der Waals surface area contributed by atoms with E-state index in [1.165, 1.54) is 0 Å². The Morgan fingerprint density at radius 3 is 2.62 bits per heavy atom. The molecule has 0 saturated heterocycles. The standard InChI is InChI=1S/C18H19F2NO3/c19-16-6-7-17(20)15(9-16)8-14(11-22)10-21-18(23)24-12-13-4-2-1-3-5-13/h1-7,9,14,22H,8,10-12H2,(H,21,23). The van der Waals surface area contributed by atoms with Crippen molar-refractivity contribution in [2.75, 3.05) is 13.2 Å². The second kappa shape index (κ2) is 8.98. The molecule has 0 fully saturated rings. The van der Waals surface area contributed by atoms with Crippen LogP contribution in [0.4, 0.5) is 13.6 Å². The van der Waals surface area contributed by atoms with Crippen LogP contribution in [0.25, 0.3) is 0 Å². The number of benzene rings is 2. The van der Waals surface area contributed by atoms with Crippen molar-refractivity contribution >= 4 is 6.09 Å². The average molecular weight is 335 g/mol. The Hall–Kier alpha value is -2.47. The summed E-state index contributed by atoms with van der Waals surface area (Å²) >= 11 is 0. The van der Waals surface area contributed by atoms with Crippen molar-refractivity contribution in [3.8, 4) is 0 Å². The zero-order chi connectivity index (χ0) is 17.4. The number of alkyl carbamates (subject to hydrolysis) is 1. The third-order valence-corrected chi connectivity index (χ3v) is 3.52. The summed E-state index contributed by atoms with van der Waals surface area (Å²) < 4.78 is 31.8. The van der Waals surface area contributed by atoms with Crippen molar-refractivity contribution < 1.29 is 23.4 Å². The van der Waals surface area contributed by atoms with Gasteiger partial charge in [-0.15, -0.1) is 0 Å². The third kappa shape index (κ3) is 5.62. The van der Waals surface area contributed by atoms with E-state index in [2.05, 4.69) is 5.32 Å². The SMILES string of the molecule is O=C(NCC(CO)Cc1cc(F)ccc1F)OCc1ccccc1. The summed E-state index contributed by atoms with van der Waals surface area (Å²) in [5.41, 5.74) is 1.02. The number of rotatable bonds is 7.